The van der Waals surface area contributed by atoms with Gasteiger partial charge in [0.15, 0.2) is 0 Å². The molecule has 1 aromatic rings. The predicted molar refractivity (Wildman–Crippen MR) is 62.1 cm³/mol. The molecule has 0 radical (unpaired) electrons. The van der Waals surface area contributed by atoms with Gasteiger partial charge in [-0.25, -0.2) is 4.79 Å². The molecule has 2 heterocycles. The first kappa shape index (κ1) is 10.9. The maximum Gasteiger partial charge on any atom is 0.317 e. The first-order chi connectivity index (χ1) is 7.79. The predicted octanol–water partition coefficient (Wildman–Crippen LogP) is 1.29. The highest BCUT2D eigenvalue weighted by molar-refractivity contribution is 5.74. The lowest BCUT2D eigenvalue weighted by molar-refractivity contribution is 0.209. The van der Waals surface area contributed by atoms with E-state index in [2.05, 4.69) is 16.4 Å². The molecule has 1 saturated heterocycles. The van der Waals surface area contributed by atoms with E-state index in [1.54, 1.807) is 13.2 Å². The number of hydrogen-bond donors (Lipinski definition) is 1. The molecule has 1 unspecified atom stereocenters. The Hall–Kier alpha value is -1.58. The van der Waals surface area contributed by atoms with Gasteiger partial charge in [-0.2, -0.15) is 0 Å². The Kier molecular flexibility index (Phi) is 3.39. The van der Waals surface area contributed by atoms with Crippen LogP contribution in [0.3, 0.4) is 0 Å². The molecule has 0 spiro atoms. The zero-order valence-corrected chi connectivity index (χ0v) is 9.52. The number of aromatic nitrogens is 1. The van der Waals surface area contributed by atoms with Crippen molar-refractivity contribution >= 4 is 6.03 Å². The Morgan fingerprint density at radius 2 is 2.56 bits per heavy atom. The molecule has 4 nitrogen and oxygen atoms in total. The fraction of sp³-hybridized carbons (Fsp3) is 0.500. The molecule has 2 amide bonds. The molecular weight excluding hydrogens is 202 g/mol. The Balaban J connectivity index is 1.88. The van der Waals surface area contributed by atoms with Crippen LogP contribution < -0.4 is 5.32 Å². The number of nitrogens with zero attached hydrogens (tertiary/aromatic N) is 2. The molecule has 1 aliphatic heterocycles. The number of pyridine rings is 1. The van der Waals surface area contributed by atoms with Gasteiger partial charge >= 0.3 is 6.03 Å². The van der Waals surface area contributed by atoms with Gasteiger partial charge in [0, 0.05) is 32.5 Å². The summed E-state index contributed by atoms with van der Waals surface area (Å²) >= 11 is 0. The monoisotopic (exact) mass is 219 g/mol. The van der Waals surface area contributed by atoms with Crippen molar-refractivity contribution in [3.05, 3.63) is 30.1 Å². The lowest BCUT2D eigenvalue weighted by Gasteiger charge is -2.15. The molecule has 1 atom stereocenters. The second-order valence-electron chi connectivity index (χ2n) is 4.22. The minimum Gasteiger partial charge on any atom is -0.341 e. The number of carbonyl (C=O) groups excluding carboxylic acids is 1. The number of amides is 2. The van der Waals surface area contributed by atoms with Crippen molar-refractivity contribution in [2.45, 2.75) is 12.8 Å². The number of likely N-dealkylation sites (tertiary alicyclic amines) is 1. The maximum atomic E-state index is 11.4. The third kappa shape index (κ3) is 2.51. The second-order valence-corrected chi connectivity index (χ2v) is 4.22. The van der Waals surface area contributed by atoms with Crippen LogP contribution in [0, 0.1) is 5.92 Å². The van der Waals surface area contributed by atoms with Gasteiger partial charge in [-0.1, -0.05) is 6.07 Å². The highest BCUT2D eigenvalue weighted by Gasteiger charge is 2.25. The number of hydrogen-bond acceptors (Lipinski definition) is 2. The lowest BCUT2D eigenvalue weighted by atomic mass is 10.0. The van der Waals surface area contributed by atoms with Crippen LogP contribution in [0.25, 0.3) is 0 Å². The van der Waals surface area contributed by atoms with Crippen molar-refractivity contribution < 1.29 is 4.79 Å². The Labute approximate surface area is 95.7 Å². The van der Waals surface area contributed by atoms with Crippen molar-refractivity contribution in [1.29, 1.82) is 0 Å². The van der Waals surface area contributed by atoms with Gasteiger partial charge < -0.3 is 10.2 Å². The number of nitrogens with one attached hydrogen (secondary N) is 1. The van der Waals surface area contributed by atoms with E-state index in [1.165, 1.54) is 5.56 Å². The molecule has 0 aliphatic carbocycles. The van der Waals surface area contributed by atoms with E-state index >= 15 is 0 Å². The van der Waals surface area contributed by atoms with Crippen LogP contribution in [-0.4, -0.2) is 36.1 Å². The van der Waals surface area contributed by atoms with E-state index in [0.717, 1.165) is 25.9 Å². The van der Waals surface area contributed by atoms with Crippen LogP contribution in [0.2, 0.25) is 0 Å². The van der Waals surface area contributed by atoms with Crippen molar-refractivity contribution in [2.75, 3.05) is 20.1 Å². The highest BCUT2D eigenvalue weighted by Crippen LogP contribution is 2.20. The standard InChI is InChI=1S/C12H17N3O/c1-13-12(16)15-6-4-11(9-15)7-10-3-2-5-14-8-10/h2-3,5,8,11H,4,6-7,9H2,1H3,(H,13,16). The summed E-state index contributed by atoms with van der Waals surface area (Å²) in [4.78, 5) is 17.4. The van der Waals surface area contributed by atoms with E-state index in [9.17, 15) is 4.79 Å². The van der Waals surface area contributed by atoms with Crippen LogP contribution in [-0.2, 0) is 6.42 Å². The van der Waals surface area contributed by atoms with Gasteiger partial charge in [-0.3, -0.25) is 4.98 Å². The third-order valence-corrected chi connectivity index (χ3v) is 3.03. The van der Waals surface area contributed by atoms with E-state index in [-0.39, 0.29) is 6.03 Å². The van der Waals surface area contributed by atoms with Gasteiger partial charge in [0.2, 0.25) is 0 Å². The highest BCUT2D eigenvalue weighted by atomic mass is 16.2. The Morgan fingerprint density at radius 1 is 1.69 bits per heavy atom. The van der Waals surface area contributed by atoms with Crippen LogP contribution in [0.1, 0.15) is 12.0 Å². The lowest BCUT2D eigenvalue weighted by Crippen LogP contribution is -2.36. The van der Waals surface area contributed by atoms with E-state index < -0.39 is 0 Å². The normalized spacial score (nSPS) is 19.8. The molecule has 4 heteroatoms. The van der Waals surface area contributed by atoms with Crippen molar-refractivity contribution in [3.63, 3.8) is 0 Å². The molecule has 1 aromatic heterocycles. The van der Waals surface area contributed by atoms with Crippen LogP contribution >= 0.6 is 0 Å². The number of urea groups is 1. The van der Waals surface area contributed by atoms with Gasteiger partial charge in [-0.05, 0) is 30.4 Å². The summed E-state index contributed by atoms with van der Waals surface area (Å²) in [6, 6.07) is 4.09. The fourth-order valence-corrected chi connectivity index (χ4v) is 2.19. The first-order valence-electron chi connectivity index (χ1n) is 5.65. The minimum absolute atomic E-state index is 0.0358. The largest absolute Gasteiger partial charge is 0.341 e. The number of carbonyl (C=O) groups is 1. The summed E-state index contributed by atoms with van der Waals surface area (Å²) in [6.45, 7) is 1.72. The topological polar surface area (TPSA) is 45.2 Å². The van der Waals surface area contributed by atoms with Gasteiger partial charge in [0.05, 0.1) is 0 Å². The van der Waals surface area contributed by atoms with Crippen molar-refractivity contribution in [2.24, 2.45) is 5.92 Å². The zero-order valence-electron chi connectivity index (χ0n) is 9.52. The molecule has 1 fully saturated rings. The smallest absolute Gasteiger partial charge is 0.317 e. The third-order valence-electron chi connectivity index (χ3n) is 3.03. The summed E-state index contributed by atoms with van der Waals surface area (Å²) in [6.07, 6.45) is 5.79. The van der Waals surface area contributed by atoms with Crippen molar-refractivity contribution in [3.8, 4) is 0 Å². The summed E-state index contributed by atoms with van der Waals surface area (Å²) < 4.78 is 0. The fourth-order valence-electron chi connectivity index (χ4n) is 2.19. The average molecular weight is 219 g/mol. The van der Waals surface area contributed by atoms with Crippen LogP contribution in [0.5, 0.6) is 0 Å². The molecule has 0 saturated carbocycles. The quantitative estimate of drug-likeness (QED) is 0.814. The molecule has 1 aliphatic rings. The first-order valence-corrected chi connectivity index (χ1v) is 5.65. The molecule has 0 aromatic carbocycles. The Morgan fingerprint density at radius 3 is 3.25 bits per heavy atom. The van der Waals surface area contributed by atoms with Gasteiger partial charge in [0.25, 0.3) is 0 Å². The average Bonchev–Trinajstić information content (AvgIpc) is 2.78. The SMILES string of the molecule is CNC(=O)N1CCC(Cc2cccnc2)C1. The summed E-state index contributed by atoms with van der Waals surface area (Å²) in [5.74, 6) is 0.571. The van der Waals surface area contributed by atoms with Gasteiger partial charge in [0.1, 0.15) is 0 Å². The summed E-state index contributed by atoms with van der Waals surface area (Å²) in [5, 5.41) is 2.67. The zero-order chi connectivity index (χ0) is 11.4. The van der Waals surface area contributed by atoms with Crippen molar-refractivity contribution in [1.82, 2.24) is 15.2 Å². The van der Waals surface area contributed by atoms with E-state index in [0.29, 0.717) is 5.92 Å². The van der Waals surface area contributed by atoms with E-state index in [4.69, 9.17) is 0 Å². The molecule has 86 valence electrons. The van der Waals surface area contributed by atoms with Gasteiger partial charge in [-0.15, -0.1) is 0 Å². The minimum atomic E-state index is 0.0358. The summed E-state index contributed by atoms with van der Waals surface area (Å²) in [5.41, 5.74) is 1.26. The molecule has 1 N–H and O–H groups in total. The molecule has 0 bridgehead atoms. The van der Waals surface area contributed by atoms with Crippen LogP contribution in [0.4, 0.5) is 4.79 Å². The van der Waals surface area contributed by atoms with Crippen LogP contribution in [0.15, 0.2) is 24.5 Å². The number of rotatable bonds is 2. The second kappa shape index (κ2) is 4.96. The molecular formula is C12H17N3O. The maximum absolute atomic E-state index is 11.4. The summed E-state index contributed by atoms with van der Waals surface area (Å²) in [7, 11) is 1.68. The van der Waals surface area contributed by atoms with E-state index in [1.807, 2.05) is 17.2 Å². The molecule has 16 heavy (non-hydrogen) atoms. The molecule has 2 rings (SSSR count). The Bertz CT molecular complexity index is 353.